The van der Waals surface area contributed by atoms with Crippen molar-refractivity contribution in [2.75, 3.05) is 11.9 Å². The Bertz CT molecular complexity index is 922. The predicted octanol–water partition coefficient (Wildman–Crippen LogP) is 1.45. The molecule has 0 aliphatic carbocycles. The van der Waals surface area contributed by atoms with E-state index in [1.807, 2.05) is 36.4 Å². The Morgan fingerprint density at radius 2 is 2.04 bits per heavy atom. The van der Waals surface area contributed by atoms with E-state index in [2.05, 4.69) is 20.8 Å². The van der Waals surface area contributed by atoms with E-state index in [4.69, 9.17) is 10.5 Å². The van der Waals surface area contributed by atoms with Gasteiger partial charge in [-0.15, -0.1) is 0 Å². The highest BCUT2D eigenvalue weighted by Crippen LogP contribution is 2.38. The Morgan fingerprint density at radius 1 is 1.20 bits per heavy atom. The molecule has 1 aliphatic rings. The molecule has 2 heterocycles. The number of nitrogens with zero attached hydrogens (tertiary/aromatic N) is 4. The van der Waals surface area contributed by atoms with Gasteiger partial charge in [-0.05, 0) is 52.7 Å². The van der Waals surface area contributed by atoms with Crippen molar-refractivity contribution in [2.24, 2.45) is 5.73 Å². The number of fused-ring (bicyclic) bond motifs is 1. The van der Waals surface area contributed by atoms with Crippen molar-refractivity contribution in [2.45, 2.75) is 12.8 Å². The molecule has 2 aromatic carbocycles. The van der Waals surface area contributed by atoms with Crippen LogP contribution in [0.3, 0.4) is 0 Å². The number of anilines is 1. The molecular formula is C17H16N6O2. The summed E-state index contributed by atoms with van der Waals surface area (Å²) >= 11 is 0. The third kappa shape index (κ3) is 2.83. The summed E-state index contributed by atoms with van der Waals surface area (Å²) in [6.45, 7) is 0.521. The molecule has 126 valence electrons. The van der Waals surface area contributed by atoms with Crippen molar-refractivity contribution < 1.29 is 9.53 Å². The van der Waals surface area contributed by atoms with E-state index in [1.54, 1.807) is 6.07 Å². The second-order valence-electron chi connectivity index (χ2n) is 5.65. The lowest BCUT2D eigenvalue weighted by atomic mass is 10.0. The van der Waals surface area contributed by atoms with Crippen LogP contribution in [0.4, 0.5) is 5.69 Å². The molecule has 4 rings (SSSR count). The number of para-hydroxylation sites is 1. The van der Waals surface area contributed by atoms with Crippen molar-refractivity contribution >= 4 is 11.6 Å². The van der Waals surface area contributed by atoms with Gasteiger partial charge in [-0.1, -0.05) is 29.4 Å². The van der Waals surface area contributed by atoms with Gasteiger partial charge < -0.3 is 15.8 Å². The zero-order valence-electron chi connectivity index (χ0n) is 13.3. The van der Waals surface area contributed by atoms with Gasteiger partial charge in [0.15, 0.2) is 5.75 Å². The molecule has 3 N–H and O–H groups in total. The highest BCUT2D eigenvalue weighted by atomic mass is 16.5. The normalized spacial score (nSPS) is 12.8. The second-order valence-corrected chi connectivity index (χ2v) is 5.65. The van der Waals surface area contributed by atoms with Crippen LogP contribution in [0.15, 0.2) is 42.5 Å². The molecule has 8 heteroatoms. The quantitative estimate of drug-likeness (QED) is 0.730. The van der Waals surface area contributed by atoms with Gasteiger partial charge in [0.25, 0.3) is 0 Å². The van der Waals surface area contributed by atoms with E-state index >= 15 is 0 Å². The van der Waals surface area contributed by atoms with Crippen LogP contribution in [0.5, 0.6) is 11.8 Å². The van der Waals surface area contributed by atoms with Crippen LogP contribution in [0.25, 0.3) is 5.69 Å². The number of tetrazole rings is 1. The van der Waals surface area contributed by atoms with E-state index in [1.165, 1.54) is 4.68 Å². The van der Waals surface area contributed by atoms with Crippen LogP contribution < -0.4 is 15.8 Å². The first-order valence-corrected chi connectivity index (χ1v) is 7.92. The van der Waals surface area contributed by atoms with E-state index < -0.39 is 0 Å². The van der Waals surface area contributed by atoms with Gasteiger partial charge in [-0.3, -0.25) is 4.79 Å². The monoisotopic (exact) mass is 336 g/mol. The fourth-order valence-corrected chi connectivity index (χ4v) is 2.90. The first-order valence-electron chi connectivity index (χ1n) is 7.92. The molecule has 1 amide bonds. The smallest absolute Gasteiger partial charge is 0.345 e. The standard InChI is InChI=1S/C17H16N6O2/c18-9-8-11-6-7-14(16-13(11)10-15(24)19-16)25-17-20-21-22-23(17)12-4-2-1-3-5-12/h1-7H,8-10,18H2,(H,19,24). The lowest BCUT2D eigenvalue weighted by Crippen LogP contribution is -2.05. The molecule has 1 aliphatic heterocycles. The summed E-state index contributed by atoms with van der Waals surface area (Å²) in [6.07, 6.45) is 1.03. The van der Waals surface area contributed by atoms with Crippen LogP contribution in [-0.2, 0) is 17.6 Å². The molecule has 0 atom stereocenters. The summed E-state index contributed by atoms with van der Waals surface area (Å²) in [4.78, 5) is 11.9. The van der Waals surface area contributed by atoms with Crippen LogP contribution in [0.1, 0.15) is 11.1 Å². The van der Waals surface area contributed by atoms with Crippen molar-refractivity contribution in [3.05, 3.63) is 53.6 Å². The van der Waals surface area contributed by atoms with Crippen LogP contribution in [-0.4, -0.2) is 32.7 Å². The number of hydrogen-bond acceptors (Lipinski definition) is 6. The number of carbonyl (C=O) groups excluding carboxylic acids is 1. The molecule has 0 saturated carbocycles. The number of benzene rings is 2. The molecule has 0 fully saturated rings. The summed E-state index contributed by atoms with van der Waals surface area (Å²) in [5, 5.41) is 14.4. The predicted molar refractivity (Wildman–Crippen MR) is 90.8 cm³/mol. The van der Waals surface area contributed by atoms with E-state index in [9.17, 15) is 4.79 Å². The third-order valence-corrected chi connectivity index (χ3v) is 4.03. The second kappa shape index (κ2) is 6.33. The van der Waals surface area contributed by atoms with Gasteiger partial charge in [0.05, 0.1) is 17.8 Å². The summed E-state index contributed by atoms with van der Waals surface area (Å²) in [5.74, 6) is 0.445. The molecule has 0 saturated heterocycles. The molecule has 0 bridgehead atoms. The summed E-state index contributed by atoms with van der Waals surface area (Å²) in [7, 11) is 0. The van der Waals surface area contributed by atoms with E-state index in [0.29, 0.717) is 30.8 Å². The third-order valence-electron chi connectivity index (χ3n) is 4.03. The number of ether oxygens (including phenoxy) is 1. The van der Waals surface area contributed by atoms with Crippen LogP contribution in [0, 0.1) is 0 Å². The van der Waals surface area contributed by atoms with Crippen molar-refractivity contribution in [1.82, 2.24) is 20.2 Å². The zero-order valence-corrected chi connectivity index (χ0v) is 13.3. The maximum Gasteiger partial charge on any atom is 0.345 e. The first kappa shape index (κ1) is 15.3. The number of amides is 1. The number of nitrogens with one attached hydrogen (secondary N) is 1. The Morgan fingerprint density at radius 3 is 2.84 bits per heavy atom. The SMILES string of the molecule is NCCc1ccc(Oc2nnnn2-c2ccccc2)c2c1CC(=O)N2. The first-order chi connectivity index (χ1) is 12.3. The summed E-state index contributed by atoms with van der Waals surface area (Å²) in [6, 6.07) is 13.4. The highest BCUT2D eigenvalue weighted by Gasteiger charge is 2.25. The molecule has 25 heavy (non-hydrogen) atoms. The summed E-state index contributed by atoms with van der Waals surface area (Å²) < 4.78 is 7.41. The topological polar surface area (TPSA) is 108 Å². The lowest BCUT2D eigenvalue weighted by molar-refractivity contribution is -0.115. The van der Waals surface area contributed by atoms with Crippen LogP contribution >= 0.6 is 0 Å². The largest absolute Gasteiger partial charge is 0.421 e. The minimum absolute atomic E-state index is 0.0630. The fourth-order valence-electron chi connectivity index (χ4n) is 2.90. The Balaban J connectivity index is 1.71. The minimum Gasteiger partial charge on any atom is -0.421 e. The highest BCUT2D eigenvalue weighted by molar-refractivity contribution is 6.01. The molecule has 0 spiro atoms. The Kier molecular flexibility index (Phi) is 3.87. The number of hydrogen-bond donors (Lipinski definition) is 2. The van der Waals surface area contributed by atoms with Gasteiger partial charge in [-0.2, -0.15) is 4.68 Å². The van der Waals surface area contributed by atoms with Crippen LogP contribution in [0.2, 0.25) is 0 Å². The minimum atomic E-state index is -0.0630. The van der Waals surface area contributed by atoms with E-state index in [0.717, 1.165) is 16.8 Å². The number of carbonyl (C=O) groups is 1. The van der Waals surface area contributed by atoms with E-state index in [-0.39, 0.29) is 11.9 Å². The van der Waals surface area contributed by atoms with Gasteiger partial charge in [-0.25, -0.2) is 0 Å². The zero-order chi connectivity index (χ0) is 17.2. The maximum atomic E-state index is 11.9. The number of rotatable bonds is 5. The Labute approximate surface area is 143 Å². The van der Waals surface area contributed by atoms with Gasteiger partial charge >= 0.3 is 6.01 Å². The molecule has 8 nitrogen and oxygen atoms in total. The van der Waals surface area contributed by atoms with Crippen molar-refractivity contribution in [3.63, 3.8) is 0 Å². The van der Waals surface area contributed by atoms with Gasteiger partial charge in [0.2, 0.25) is 5.91 Å². The molecule has 1 aromatic heterocycles. The molecule has 0 radical (unpaired) electrons. The molecule has 0 unspecified atom stereocenters. The number of nitrogens with two attached hydrogens (primary N) is 1. The Hall–Kier alpha value is -3.26. The molecule has 3 aromatic rings. The maximum absolute atomic E-state index is 11.9. The molecular weight excluding hydrogens is 320 g/mol. The summed E-state index contributed by atoms with van der Waals surface area (Å²) in [5.41, 5.74) is 9.07. The fraction of sp³-hybridized carbons (Fsp3) is 0.176. The van der Waals surface area contributed by atoms with Crippen molar-refractivity contribution in [3.8, 4) is 17.4 Å². The van der Waals surface area contributed by atoms with Gasteiger partial charge in [0, 0.05) is 0 Å². The average Bonchev–Trinajstić information content (AvgIpc) is 3.24. The van der Waals surface area contributed by atoms with Crippen molar-refractivity contribution in [1.29, 1.82) is 0 Å². The van der Waals surface area contributed by atoms with Gasteiger partial charge in [0.1, 0.15) is 0 Å². The lowest BCUT2D eigenvalue weighted by Gasteiger charge is -2.12. The average molecular weight is 336 g/mol. The number of aromatic nitrogens is 4.